The number of rotatable bonds is 6. The lowest BCUT2D eigenvalue weighted by atomic mass is 10.1. The van der Waals surface area contributed by atoms with E-state index in [-0.39, 0.29) is 18.7 Å². The first-order valence-corrected chi connectivity index (χ1v) is 8.85. The SMILES string of the molecule is CCC1Nc2ccc(Cl)cc2C(=O)N1NC(=O)COc1ccc(OC)cc1. The Balaban J connectivity index is 1.65. The van der Waals surface area contributed by atoms with E-state index < -0.39 is 5.91 Å². The number of hydrogen-bond donors (Lipinski definition) is 2. The monoisotopic (exact) mass is 389 g/mol. The van der Waals surface area contributed by atoms with Crippen LogP contribution < -0.4 is 20.2 Å². The lowest BCUT2D eigenvalue weighted by Gasteiger charge is -2.37. The zero-order valence-corrected chi connectivity index (χ0v) is 15.7. The van der Waals surface area contributed by atoms with Gasteiger partial charge in [0.1, 0.15) is 17.7 Å². The fourth-order valence-corrected chi connectivity index (χ4v) is 2.91. The van der Waals surface area contributed by atoms with Gasteiger partial charge < -0.3 is 14.8 Å². The van der Waals surface area contributed by atoms with Gasteiger partial charge in [0, 0.05) is 10.7 Å². The fraction of sp³-hybridized carbons (Fsp3) is 0.263. The van der Waals surface area contributed by atoms with Crippen molar-refractivity contribution in [3.8, 4) is 11.5 Å². The smallest absolute Gasteiger partial charge is 0.276 e. The third-order valence-corrected chi connectivity index (χ3v) is 4.36. The van der Waals surface area contributed by atoms with Crippen molar-refractivity contribution in [2.24, 2.45) is 0 Å². The van der Waals surface area contributed by atoms with Crippen molar-refractivity contribution in [1.29, 1.82) is 0 Å². The normalized spacial score (nSPS) is 15.6. The zero-order chi connectivity index (χ0) is 19.4. The first-order chi connectivity index (χ1) is 13.0. The number of carbonyl (C=O) groups excluding carboxylic acids is 2. The number of amides is 2. The number of carbonyl (C=O) groups is 2. The van der Waals surface area contributed by atoms with E-state index >= 15 is 0 Å². The van der Waals surface area contributed by atoms with Crippen LogP contribution in [0.5, 0.6) is 11.5 Å². The predicted octanol–water partition coefficient (Wildman–Crippen LogP) is 3.06. The Labute approximate surface area is 162 Å². The van der Waals surface area contributed by atoms with Crippen molar-refractivity contribution in [3.05, 3.63) is 53.1 Å². The maximum absolute atomic E-state index is 12.8. The van der Waals surface area contributed by atoms with Crippen molar-refractivity contribution in [2.45, 2.75) is 19.5 Å². The van der Waals surface area contributed by atoms with Crippen molar-refractivity contribution < 1.29 is 19.1 Å². The second-order valence-electron chi connectivity index (χ2n) is 5.93. The van der Waals surface area contributed by atoms with Gasteiger partial charge in [-0.05, 0) is 48.9 Å². The number of fused-ring (bicyclic) bond motifs is 1. The summed E-state index contributed by atoms with van der Waals surface area (Å²) in [5.74, 6) is 0.457. The minimum absolute atomic E-state index is 0.227. The van der Waals surface area contributed by atoms with Crippen LogP contribution in [0.15, 0.2) is 42.5 Å². The molecule has 3 rings (SSSR count). The van der Waals surface area contributed by atoms with Gasteiger partial charge in [-0.25, -0.2) is 5.01 Å². The molecule has 2 aromatic carbocycles. The lowest BCUT2D eigenvalue weighted by molar-refractivity contribution is -0.127. The summed E-state index contributed by atoms with van der Waals surface area (Å²) in [6.45, 7) is 1.69. The Bertz CT molecular complexity index is 841. The van der Waals surface area contributed by atoms with Crippen LogP contribution in [-0.2, 0) is 4.79 Å². The molecule has 1 heterocycles. The second-order valence-corrected chi connectivity index (χ2v) is 6.37. The number of benzene rings is 2. The molecule has 0 fully saturated rings. The molecule has 1 atom stereocenters. The molecule has 0 aromatic heterocycles. The number of anilines is 1. The van der Waals surface area contributed by atoms with Crippen LogP contribution in [0.2, 0.25) is 5.02 Å². The Kier molecular flexibility index (Phi) is 5.71. The van der Waals surface area contributed by atoms with Crippen molar-refractivity contribution in [2.75, 3.05) is 19.0 Å². The van der Waals surface area contributed by atoms with Gasteiger partial charge in [0.25, 0.3) is 11.8 Å². The van der Waals surface area contributed by atoms with E-state index in [4.69, 9.17) is 21.1 Å². The molecule has 2 aromatic rings. The van der Waals surface area contributed by atoms with Gasteiger partial charge in [0.2, 0.25) is 0 Å². The third-order valence-electron chi connectivity index (χ3n) is 4.13. The first-order valence-electron chi connectivity index (χ1n) is 8.47. The summed E-state index contributed by atoms with van der Waals surface area (Å²) >= 11 is 5.99. The Hall–Kier alpha value is -2.93. The van der Waals surface area contributed by atoms with Gasteiger partial charge >= 0.3 is 0 Å². The van der Waals surface area contributed by atoms with Gasteiger partial charge in [0.15, 0.2) is 6.61 Å². The molecular weight excluding hydrogens is 370 g/mol. The summed E-state index contributed by atoms with van der Waals surface area (Å²) in [4.78, 5) is 25.1. The van der Waals surface area contributed by atoms with E-state index in [0.29, 0.717) is 34.2 Å². The Morgan fingerprint density at radius 1 is 1.22 bits per heavy atom. The summed E-state index contributed by atoms with van der Waals surface area (Å²) in [6, 6.07) is 11.9. The second kappa shape index (κ2) is 8.18. The van der Waals surface area contributed by atoms with Crippen LogP contribution in [0.3, 0.4) is 0 Å². The summed E-state index contributed by atoms with van der Waals surface area (Å²) in [5, 5.41) is 4.95. The van der Waals surface area contributed by atoms with E-state index in [1.165, 1.54) is 5.01 Å². The van der Waals surface area contributed by atoms with Crippen molar-refractivity contribution >= 4 is 29.1 Å². The fourth-order valence-electron chi connectivity index (χ4n) is 2.74. The van der Waals surface area contributed by atoms with Gasteiger partial charge in [-0.2, -0.15) is 0 Å². The topological polar surface area (TPSA) is 79.9 Å². The molecule has 0 radical (unpaired) electrons. The molecule has 1 aliphatic heterocycles. The van der Waals surface area contributed by atoms with E-state index in [1.54, 1.807) is 49.6 Å². The number of nitrogens with one attached hydrogen (secondary N) is 2. The molecule has 2 amide bonds. The molecule has 0 saturated carbocycles. The maximum atomic E-state index is 12.8. The van der Waals surface area contributed by atoms with Gasteiger partial charge in [-0.15, -0.1) is 0 Å². The summed E-state index contributed by atoms with van der Waals surface area (Å²) < 4.78 is 10.5. The predicted molar refractivity (Wildman–Crippen MR) is 102 cm³/mol. The highest BCUT2D eigenvalue weighted by atomic mass is 35.5. The molecule has 0 saturated heterocycles. The van der Waals surface area contributed by atoms with Gasteiger partial charge in [-0.1, -0.05) is 18.5 Å². The number of ether oxygens (including phenoxy) is 2. The summed E-state index contributed by atoms with van der Waals surface area (Å²) in [5.41, 5.74) is 3.71. The van der Waals surface area contributed by atoms with Crippen LogP contribution in [0.25, 0.3) is 0 Å². The molecule has 1 unspecified atom stereocenters. The van der Waals surface area contributed by atoms with Crippen LogP contribution in [0.4, 0.5) is 5.69 Å². The number of hydrazine groups is 1. The quantitative estimate of drug-likeness (QED) is 0.793. The molecule has 1 aliphatic rings. The minimum atomic E-state index is -0.440. The Morgan fingerprint density at radius 3 is 2.59 bits per heavy atom. The molecule has 0 spiro atoms. The molecule has 8 heteroatoms. The molecule has 2 N–H and O–H groups in total. The summed E-state index contributed by atoms with van der Waals surface area (Å²) in [7, 11) is 1.57. The zero-order valence-electron chi connectivity index (χ0n) is 15.0. The number of nitrogens with zero attached hydrogens (tertiary/aromatic N) is 1. The van der Waals surface area contributed by atoms with Crippen LogP contribution in [0, 0.1) is 0 Å². The van der Waals surface area contributed by atoms with Crippen molar-refractivity contribution in [1.82, 2.24) is 10.4 Å². The number of methoxy groups -OCH3 is 1. The average molecular weight is 390 g/mol. The number of hydrogen-bond acceptors (Lipinski definition) is 5. The largest absolute Gasteiger partial charge is 0.497 e. The molecular formula is C19H20ClN3O4. The highest BCUT2D eigenvalue weighted by Crippen LogP contribution is 2.28. The molecule has 142 valence electrons. The third kappa shape index (κ3) is 4.25. The Morgan fingerprint density at radius 2 is 1.93 bits per heavy atom. The van der Waals surface area contributed by atoms with Crippen LogP contribution in [-0.4, -0.2) is 36.7 Å². The average Bonchev–Trinajstić information content (AvgIpc) is 2.69. The van der Waals surface area contributed by atoms with Crippen molar-refractivity contribution in [3.63, 3.8) is 0 Å². The summed E-state index contributed by atoms with van der Waals surface area (Å²) in [6.07, 6.45) is 0.240. The standard InChI is InChI=1S/C19H20ClN3O4/c1-3-17-21-16-9-4-12(20)10-15(16)19(25)23(17)22-18(24)11-27-14-7-5-13(26-2)6-8-14/h4-10,17,21H,3,11H2,1-2H3,(H,22,24). The highest BCUT2D eigenvalue weighted by molar-refractivity contribution is 6.31. The number of halogens is 1. The highest BCUT2D eigenvalue weighted by Gasteiger charge is 2.32. The maximum Gasteiger partial charge on any atom is 0.276 e. The molecule has 0 aliphatic carbocycles. The lowest BCUT2D eigenvalue weighted by Crippen LogP contribution is -2.57. The van der Waals surface area contributed by atoms with Gasteiger partial charge in [0.05, 0.1) is 12.7 Å². The van der Waals surface area contributed by atoms with E-state index in [2.05, 4.69) is 10.7 Å². The molecule has 27 heavy (non-hydrogen) atoms. The first kappa shape index (κ1) is 18.8. The van der Waals surface area contributed by atoms with Crippen LogP contribution in [0.1, 0.15) is 23.7 Å². The van der Waals surface area contributed by atoms with E-state index in [1.807, 2.05) is 6.92 Å². The van der Waals surface area contributed by atoms with E-state index in [9.17, 15) is 9.59 Å². The van der Waals surface area contributed by atoms with Gasteiger partial charge in [-0.3, -0.25) is 15.0 Å². The van der Waals surface area contributed by atoms with E-state index in [0.717, 1.165) is 0 Å². The minimum Gasteiger partial charge on any atom is -0.497 e. The van der Waals surface area contributed by atoms with Crippen LogP contribution >= 0.6 is 11.6 Å². The molecule has 7 nitrogen and oxygen atoms in total. The molecule has 0 bridgehead atoms.